The van der Waals surface area contributed by atoms with Gasteiger partial charge >= 0.3 is 0 Å². The molecule has 0 radical (unpaired) electrons. The molecule has 9 heteroatoms. The van der Waals surface area contributed by atoms with Gasteiger partial charge in [0.2, 0.25) is 5.91 Å². The third-order valence-corrected chi connectivity index (χ3v) is 7.94. The highest BCUT2D eigenvalue weighted by molar-refractivity contribution is 7.19. The van der Waals surface area contributed by atoms with Gasteiger partial charge in [0.05, 0.1) is 36.2 Å². The molecule has 4 aromatic heterocycles. The number of pyridine rings is 1. The van der Waals surface area contributed by atoms with Gasteiger partial charge < -0.3 is 15.0 Å². The Bertz CT molecular complexity index is 1340. The lowest BCUT2D eigenvalue weighted by molar-refractivity contribution is -0.149. The average molecular weight is 463 g/mol. The number of rotatable bonds is 3. The fourth-order valence-corrected chi connectivity index (χ4v) is 6.47. The molecule has 1 amide bonds. The van der Waals surface area contributed by atoms with E-state index in [1.807, 2.05) is 27.7 Å². The van der Waals surface area contributed by atoms with Crippen LogP contribution in [0.3, 0.4) is 0 Å². The van der Waals surface area contributed by atoms with Gasteiger partial charge in [-0.15, -0.1) is 11.3 Å². The minimum absolute atomic E-state index is 0.0159. The highest BCUT2D eigenvalue weighted by atomic mass is 32.1. The van der Waals surface area contributed by atoms with Crippen LogP contribution < -0.4 is 5.32 Å². The second-order valence-electron chi connectivity index (χ2n) is 9.07. The number of amides is 1. The van der Waals surface area contributed by atoms with Crippen molar-refractivity contribution in [1.82, 2.24) is 24.5 Å². The molecule has 170 valence electrons. The zero-order valence-corrected chi connectivity index (χ0v) is 19.5. The monoisotopic (exact) mass is 462 g/mol. The lowest BCUT2D eigenvalue weighted by Gasteiger charge is -2.41. The first-order valence-corrected chi connectivity index (χ1v) is 12.3. The molecule has 1 saturated heterocycles. The fourth-order valence-electron chi connectivity index (χ4n) is 5.20. The van der Waals surface area contributed by atoms with E-state index in [0.29, 0.717) is 13.2 Å². The second-order valence-corrected chi connectivity index (χ2v) is 10.2. The number of nitrogens with one attached hydrogen (secondary N) is 1. The zero-order chi connectivity index (χ0) is 22.5. The lowest BCUT2D eigenvalue weighted by Crippen LogP contribution is -2.54. The van der Waals surface area contributed by atoms with Crippen LogP contribution in [0, 0.1) is 5.92 Å². The SMILES string of the molecule is C[C@@H]1COC[C@H](C)N1C(=O)[C@H]1CCc2c(sc3ncnc(Nc4ccn5nccc5c4)c23)C1. The summed E-state index contributed by atoms with van der Waals surface area (Å²) in [6.45, 7) is 5.39. The number of anilines is 2. The van der Waals surface area contributed by atoms with Crippen molar-refractivity contribution in [1.29, 1.82) is 0 Å². The zero-order valence-electron chi connectivity index (χ0n) is 18.7. The summed E-state index contributed by atoms with van der Waals surface area (Å²) in [5.41, 5.74) is 3.27. The van der Waals surface area contributed by atoms with Crippen molar-refractivity contribution >= 4 is 44.5 Å². The minimum Gasteiger partial charge on any atom is -0.377 e. The van der Waals surface area contributed by atoms with E-state index in [2.05, 4.69) is 40.3 Å². The predicted octanol–water partition coefficient (Wildman–Crippen LogP) is 3.82. The summed E-state index contributed by atoms with van der Waals surface area (Å²) in [6, 6.07) is 6.27. The fraction of sp³-hybridized carbons (Fsp3) is 0.417. The molecule has 0 spiro atoms. The molecule has 0 bridgehead atoms. The Hall–Kier alpha value is -3.04. The number of hydrogen-bond donors (Lipinski definition) is 1. The van der Waals surface area contributed by atoms with Gasteiger partial charge in [0.15, 0.2) is 0 Å². The number of carbonyl (C=O) groups is 1. The predicted molar refractivity (Wildman–Crippen MR) is 128 cm³/mol. The molecule has 1 fully saturated rings. The lowest BCUT2D eigenvalue weighted by atomic mass is 9.86. The van der Waals surface area contributed by atoms with Crippen molar-refractivity contribution in [3.63, 3.8) is 0 Å². The first-order valence-electron chi connectivity index (χ1n) is 11.4. The summed E-state index contributed by atoms with van der Waals surface area (Å²) < 4.78 is 7.45. The van der Waals surface area contributed by atoms with E-state index in [0.717, 1.165) is 46.5 Å². The standard InChI is InChI=1S/C24H26N6O2S/c1-14-11-32-12-15(2)30(14)24(31)16-3-4-19-20(9-16)33-23-21(19)22(25-13-26-23)28-17-6-8-29-18(10-17)5-7-27-29/h5-8,10,13-16H,3-4,9,11-12H2,1-2H3,(H,25,26,28)/t14-,15+,16-/m0/s1. The van der Waals surface area contributed by atoms with E-state index in [4.69, 9.17) is 4.74 Å². The summed E-state index contributed by atoms with van der Waals surface area (Å²) in [7, 11) is 0. The van der Waals surface area contributed by atoms with Crippen LogP contribution >= 0.6 is 11.3 Å². The Morgan fingerprint density at radius 3 is 2.91 bits per heavy atom. The van der Waals surface area contributed by atoms with E-state index in [1.165, 1.54) is 10.4 Å². The smallest absolute Gasteiger partial charge is 0.226 e. The van der Waals surface area contributed by atoms with Gasteiger partial charge in [-0.3, -0.25) is 4.79 Å². The van der Waals surface area contributed by atoms with Gasteiger partial charge in [-0.1, -0.05) is 0 Å². The van der Waals surface area contributed by atoms with E-state index < -0.39 is 0 Å². The summed E-state index contributed by atoms with van der Waals surface area (Å²) >= 11 is 1.70. The van der Waals surface area contributed by atoms with Gasteiger partial charge in [-0.25, -0.2) is 14.5 Å². The highest BCUT2D eigenvalue weighted by Crippen LogP contribution is 2.41. The van der Waals surface area contributed by atoms with Gasteiger partial charge in [-0.05, 0) is 56.9 Å². The first-order chi connectivity index (χ1) is 16.1. The summed E-state index contributed by atoms with van der Waals surface area (Å²) in [4.78, 5) is 26.8. The Morgan fingerprint density at radius 1 is 1.21 bits per heavy atom. The van der Waals surface area contributed by atoms with Crippen molar-refractivity contribution in [2.75, 3.05) is 18.5 Å². The Balaban J connectivity index is 1.29. The number of thiophene rings is 1. The first kappa shape index (κ1) is 20.6. The van der Waals surface area contributed by atoms with Gasteiger partial charge in [0.1, 0.15) is 17.0 Å². The van der Waals surface area contributed by atoms with Crippen molar-refractivity contribution in [3.8, 4) is 0 Å². The van der Waals surface area contributed by atoms with E-state index >= 15 is 0 Å². The van der Waals surface area contributed by atoms with E-state index in [9.17, 15) is 4.79 Å². The molecule has 33 heavy (non-hydrogen) atoms. The second kappa shape index (κ2) is 8.07. The third-order valence-electron chi connectivity index (χ3n) is 6.78. The van der Waals surface area contributed by atoms with Crippen LogP contribution in [0.5, 0.6) is 0 Å². The van der Waals surface area contributed by atoms with Crippen LogP contribution in [0.4, 0.5) is 11.5 Å². The van der Waals surface area contributed by atoms with Crippen LogP contribution in [0.2, 0.25) is 0 Å². The number of fused-ring (bicyclic) bond motifs is 4. The quantitative estimate of drug-likeness (QED) is 0.498. The maximum atomic E-state index is 13.4. The molecule has 2 aliphatic rings. The minimum atomic E-state index is 0.0159. The number of carbonyl (C=O) groups excluding carboxylic acids is 1. The van der Waals surface area contributed by atoms with Crippen molar-refractivity contribution in [3.05, 3.63) is 47.4 Å². The van der Waals surface area contributed by atoms with Crippen molar-refractivity contribution in [2.45, 2.75) is 45.2 Å². The molecule has 8 nitrogen and oxygen atoms in total. The summed E-state index contributed by atoms with van der Waals surface area (Å²) in [5.74, 6) is 1.10. The maximum absolute atomic E-state index is 13.4. The number of aromatic nitrogens is 4. The number of morpholine rings is 1. The van der Waals surface area contributed by atoms with Crippen molar-refractivity contribution < 1.29 is 9.53 Å². The molecule has 1 aliphatic carbocycles. The van der Waals surface area contributed by atoms with Crippen LogP contribution in [-0.4, -0.2) is 55.7 Å². The van der Waals surface area contributed by atoms with E-state index in [1.54, 1.807) is 23.9 Å². The molecule has 3 atom stereocenters. The normalized spacial score (nSPS) is 23.1. The molecular formula is C24H26N6O2S. The third kappa shape index (κ3) is 3.55. The van der Waals surface area contributed by atoms with Crippen LogP contribution in [0.1, 0.15) is 30.7 Å². The summed E-state index contributed by atoms with van der Waals surface area (Å²) in [6.07, 6.45) is 7.82. The number of ether oxygens (including phenoxy) is 1. The number of aryl methyl sites for hydroxylation is 1. The topological polar surface area (TPSA) is 84.6 Å². The van der Waals surface area contributed by atoms with Gasteiger partial charge in [0.25, 0.3) is 0 Å². The van der Waals surface area contributed by atoms with Crippen LogP contribution in [0.15, 0.2) is 36.9 Å². The molecule has 0 saturated carbocycles. The molecule has 6 rings (SSSR count). The average Bonchev–Trinajstić information content (AvgIpc) is 3.42. The molecule has 4 aromatic rings. The Morgan fingerprint density at radius 2 is 2.06 bits per heavy atom. The largest absolute Gasteiger partial charge is 0.377 e. The number of nitrogens with zero attached hydrogens (tertiary/aromatic N) is 5. The van der Waals surface area contributed by atoms with Crippen LogP contribution in [-0.2, 0) is 22.4 Å². The molecule has 0 aromatic carbocycles. The molecule has 1 aliphatic heterocycles. The summed E-state index contributed by atoms with van der Waals surface area (Å²) in [5, 5.41) is 8.83. The molecule has 5 heterocycles. The van der Waals surface area contributed by atoms with Crippen molar-refractivity contribution in [2.24, 2.45) is 5.92 Å². The van der Waals surface area contributed by atoms with Crippen LogP contribution in [0.25, 0.3) is 15.7 Å². The molecule has 0 unspecified atom stereocenters. The van der Waals surface area contributed by atoms with Gasteiger partial charge in [0, 0.05) is 28.9 Å². The highest BCUT2D eigenvalue weighted by Gasteiger charge is 2.36. The molecular weight excluding hydrogens is 436 g/mol. The maximum Gasteiger partial charge on any atom is 0.226 e. The van der Waals surface area contributed by atoms with Gasteiger partial charge in [-0.2, -0.15) is 5.10 Å². The molecule has 1 N–H and O–H groups in total. The Kier molecular flexibility index (Phi) is 5.03. The number of hydrogen-bond acceptors (Lipinski definition) is 7. The Labute approximate surface area is 195 Å². The van der Waals surface area contributed by atoms with E-state index in [-0.39, 0.29) is 23.9 Å².